The number of carboxylic acids is 2. The minimum absolute atomic E-state index is 0.115. The first-order valence-corrected chi connectivity index (χ1v) is 6.88. The molecule has 0 saturated heterocycles. The van der Waals surface area contributed by atoms with Gasteiger partial charge in [-0.2, -0.15) is 12.6 Å². The molecule has 0 saturated carbocycles. The largest absolute Gasteiger partial charge is 0.481 e. The third-order valence-corrected chi connectivity index (χ3v) is 2.98. The number of aliphatic hydroxyl groups is 1. The lowest BCUT2D eigenvalue weighted by molar-refractivity contribution is -0.143. The van der Waals surface area contributed by atoms with Crippen LogP contribution >= 0.6 is 12.6 Å². The summed E-state index contributed by atoms with van der Waals surface area (Å²) >= 11 is 3.87. The van der Waals surface area contributed by atoms with Crippen molar-refractivity contribution in [1.29, 1.82) is 0 Å². The summed E-state index contributed by atoms with van der Waals surface area (Å²) < 4.78 is 0. The van der Waals surface area contributed by atoms with Crippen LogP contribution < -0.4 is 16.4 Å². The van der Waals surface area contributed by atoms with Gasteiger partial charge in [-0.1, -0.05) is 0 Å². The van der Waals surface area contributed by atoms with Gasteiger partial charge in [0.15, 0.2) is 0 Å². The molecular formula is C11H19N3O7S. The topological polar surface area (TPSA) is 179 Å². The molecule has 0 aliphatic rings. The van der Waals surface area contributed by atoms with Crippen molar-refractivity contribution in [2.45, 2.75) is 31.0 Å². The summed E-state index contributed by atoms with van der Waals surface area (Å²) in [5.41, 5.74) is 5.48. The maximum atomic E-state index is 11.8. The number of hydrogen-bond acceptors (Lipinski definition) is 7. The number of carboxylic acid groups (broad SMARTS) is 2. The van der Waals surface area contributed by atoms with Crippen molar-refractivity contribution < 1.29 is 34.5 Å². The molecule has 0 spiro atoms. The van der Waals surface area contributed by atoms with Crippen LogP contribution in [0.1, 0.15) is 12.8 Å². The van der Waals surface area contributed by atoms with Crippen molar-refractivity contribution in [2.75, 3.05) is 12.4 Å². The van der Waals surface area contributed by atoms with Crippen molar-refractivity contribution in [2.24, 2.45) is 5.73 Å². The van der Waals surface area contributed by atoms with E-state index in [1.165, 1.54) is 0 Å². The highest BCUT2D eigenvalue weighted by molar-refractivity contribution is 7.80. The number of rotatable bonds is 10. The first-order valence-electron chi connectivity index (χ1n) is 6.25. The van der Waals surface area contributed by atoms with Gasteiger partial charge in [0.1, 0.15) is 12.1 Å². The monoisotopic (exact) mass is 337 g/mol. The molecule has 0 fully saturated rings. The summed E-state index contributed by atoms with van der Waals surface area (Å²) in [7, 11) is 0. The lowest BCUT2D eigenvalue weighted by Gasteiger charge is -2.20. The first kappa shape index (κ1) is 20.1. The normalized spacial score (nSPS) is 14.5. The van der Waals surface area contributed by atoms with Gasteiger partial charge in [0.25, 0.3) is 0 Å². The number of carbonyl (C=O) groups is 4. The Morgan fingerprint density at radius 1 is 1.05 bits per heavy atom. The van der Waals surface area contributed by atoms with Crippen LogP contribution in [0.25, 0.3) is 0 Å². The highest BCUT2D eigenvalue weighted by Gasteiger charge is 2.26. The van der Waals surface area contributed by atoms with Gasteiger partial charge in [0.05, 0.1) is 12.6 Å². The Morgan fingerprint density at radius 3 is 2.00 bits per heavy atom. The zero-order valence-electron chi connectivity index (χ0n) is 11.6. The van der Waals surface area contributed by atoms with Crippen LogP contribution in [-0.2, 0) is 19.2 Å². The van der Waals surface area contributed by atoms with E-state index in [1.807, 2.05) is 5.32 Å². The fraction of sp³-hybridized carbons (Fsp3) is 0.636. The molecule has 0 aromatic heterocycles. The van der Waals surface area contributed by atoms with E-state index in [-0.39, 0.29) is 18.6 Å². The smallest absolute Gasteiger partial charge is 0.328 e. The Bertz CT molecular complexity index is 432. The Labute approximate surface area is 131 Å². The highest BCUT2D eigenvalue weighted by atomic mass is 32.1. The van der Waals surface area contributed by atoms with Crippen LogP contribution in [0.15, 0.2) is 0 Å². The van der Waals surface area contributed by atoms with Crippen LogP contribution in [0.4, 0.5) is 0 Å². The molecule has 11 heteroatoms. The van der Waals surface area contributed by atoms with E-state index in [0.717, 1.165) is 0 Å². The molecule has 3 atom stereocenters. The summed E-state index contributed by atoms with van der Waals surface area (Å²) in [6.07, 6.45) is -0.422. The number of carbonyl (C=O) groups excluding carboxylic acids is 2. The molecule has 0 aromatic carbocycles. The molecule has 0 aliphatic carbocycles. The van der Waals surface area contributed by atoms with Crippen LogP contribution in [0, 0.1) is 0 Å². The number of aliphatic carboxylic acids is 2. The second kappa shape index (κ2) is 9.97. The standard InChI is InChI=1S/C11H19N3O7S/c12-5(1-2-8(16)17)9(18)14-7(4-22)10(19)13-6(3-15)11(20)21/h5-7,15,22H,1-4,12H2,(H,13,19)(H,14,18)(H,16,17)(H,20,21)/t5-,6-,7-/m0/s1. The maximum Gasteiger partial charge on any atom is 0.328 e. The predicted molar refractivity (Wildman–Crippen MR) is 77.3 cm³/mol. The van der Waals surface area contributed by atoms with Crippen molar-refractivity contribution in [1.82, 2.24) is 10.6 Å². The zero-order chi connectivity index (χ0) is 17.3. The van der Waals surface area contributed by atoms with E-state index >= 15 is 0 Å². The Balaban J connectivity index is 4.57. The fourth-order valence-corrected chi connectivity index (χ4v) is 1.60. The number of amides is 2. The highest BCUT2D eigenvalue weighted by Crippen LogP contribution is 1.98. The third-order valence-electron chi connectivity index (χ3n) is 2.62. The molecule has 0 aliphatic heterocycles. The summed E-state index contributed by atoms with van der Waals surface area (Å²) in [5, 5.41) is 30.3. The lowest BCUT2D eigenvalue weighted by atomic mass is 10.1. The van der Waals surface area contributed by atoms with Crippen molar-refractivity contribution >= 4 is 36.4 Å². The first-order chi connectivity index (χ1) is 10.2. The molecule has 0 unspecified atom stereocenters. The minimum Gasteiger partial charge on any atom is -0.481 e. The SMILES string of the molecule is N[C@@H](CCC(=O)O)C(=O)N[C@@H](CS)C(=O)N[C@@H](CO)C(=O)O. The second-order valence-corrected chi connectivity index (χ2v) is 4.73. The molecule has 0 heterocycles. The van der Waals surface area contributed by atoms with E-state index in [4.69, 9.17) is 21.1 Å². The van der Waals surface area contributed by atoms with Gasteiger partial charge >= 0.3 is 11.9 Å². The molecule has 0 aromatic rings. The van der Waals surface area contributed by atoms with Crippen LogP contribution in [0.2, 0.25) is 0 Å². The summed E-state index contributed by atoms with van der Waals surface area (Å²) in [6, 6.07) is -3.80. The molecule has 0 bridgehead atoms. The van der Waals surface area contributed by atoms with E-state index < -0.39 is 48.5 Å². The molecule has 126 valence electrons. The molecule has 7 N–H and O–H groups in total. The molecule has 22 heavy (non-hydrogen) atoms. The molecule has 10 nitrogen and oxygen atoms in total. The second-order valence-electron chi connectivity index (χ2n) is 4.36. The zero-order valence-corrected chi connectivity index (χ0v) is 12.5. The number of nitrogens with two attached hydrogens (primary N) is 1. The molecule has 2 amide bonds. The quantitative estimate of drug-likeness (QED) is 0.208. The van der Waals surface area contributed by atoms with Gasteiger partial charge in [0, 0.05) is 12.2 Å². The van der Waals surface area contributed by atoms with Gasteiger partial charge in [0.2, 0.25) is 11.8 Å². The maximum absolute atomic E-state index is 11.8. The number of hydrogen-bond donors (Lipinski definition) is 7. The lowest BCUT2D eigenvalue weighted by Crippen LogP contribution is -2.55. The fourth-order valence-electron chi connectivity index (χ4n) is 1.34. The summed E-state index contributed by atoms with van der Waals surface area (Å²) in [6.45, 7) is -0.813. The third kappa shape index (κ3) is 7.24. The molecule has 0 rings (SSSR count). The van der Waals surface area contributed by atoms with Crippen molar-refractivity contribution in [3.05, 3.63) is 0 Å². The van der Waals surface area contributed by atoms with Gasteiger partial charge in [-0.25, -0.2) is 4.79 Å². The van der Waals surface area contributed by atoms with Crippen molar-refractivity contribution in [3.63, 3.8) is 0 Å². The molecular weight excluding hydrogens is 318 g/mol. The van der Waals surface area contributed by atoms with Crippen LogP contribution in [0.3, 0.4) is 0 Å². The minimum atomic E-state index is -1.51. The van der Waals surface area contributed by atoms with E-state index in [9.17, 15) is 19.2 Å². The van der Waals surface area contributed by atoms with E-state index in [0.29, 0.717) is 0 Å². The molecule has 0 radical (unpaired) electrons. The van der Waals surface area contributed by atoms with E-state index in [1.54, 1.807) is 0 Å². The average Bonchev–Trinajstić information content (AvgIpc) is 2.46. The Hall–Kier alpha value is -1.85. The number of thiol groups is 1. The van der Waals surface area contributed by atoms with Crippen LogP contribution in [0.5, 0.6) is 0 Å². The van der Waals surface area contributed by atoms with Gasteiger partial charge in [-0.05, 0) is 6.42 Å². The van der Waals surface area contributed by atoms with Crippen molar-refractivity contribution in [3.8, 4) is 0 Å². The average molecular weight is 337 g/mol. The van der Waals surface area contributed by atoms with Gasteiger partial charge < -0.3 is 31.7 Å². The predicted octanol–water partition coefficient (Wildman–Crippen LogP) is -2.85. The van der Waals surface area contributed by atoms with Gasteiger partial charge in [-0.3, -0.25) is 14.4 Å². The summed E-state index contributed by atoms with van der Waals surface area (Å²) in [4.78, 5) is 44.6. The number of nitrogens with one attached hydrogen (secondary N) is 2. The van der Waals surface area contributed by atoms with Gasteiger partial charge in [-0.15, -0.1) is 0 Å². The summed E-state index contributed by atoms with van der Waals surface area (Å²) in [5.74, 6) is -4.29. The Morgan fingerprint density at radius 2 is 1.59 bits per heavy atom. The number of aliphatic hydroxyl groups excluding tert-OH is 1. The van der Waals surface area contributed by atoms with E-state index in [2.05, 4.69) is 17.9 Å². The Kier molecular flexibility index (Phi) is 9.13. The van der Waals surface area contributed by atoms with Crippen LogP contribution in [-0.4, -0.2) is 69.6 Å².